The number of amides is 2. The van der Waals surface area contributed by atoms with Crippen LogP contribution >= 0.6 is 11.6 Å². The van der Waals surface area contributed by atoms with E-state index >= 15 is 0 Å². The molecule has 0 saturated carbocycles. The Morgan fingerprint density at radius 1 is 1.33 bits per heavy atom. The molecule has 0 aromatic heterocycles. The minimum Gasteiger partial charge on any atom is -0.352 e. The number of carbonyl (C=O) groups excluding carboxylic acids is 2. The molecule has 0 heterocycles. The van der Waals surface area contributed by atoms with Crippen molar-refractivity contribution in [1.82, 2.24) is 10.2 Å². The highest BCUT2D eigenvalue weighted by Crippen LogP contribution is 2.02. The molecule has 1 atom stereocenters. The van der Waals surface area contributed by atoms with Crippen LogP contribution in [0.1, 0.15) is 20.8 Å². The van der Waals surface area contributed by atoms with E-state index < -0.39 is 0 Å². The number of nitrogens with one attached hydrogen (secondary N) is 1. The molecule has 4 nitrogen and oxygen atoms in total. The topological polar surface area (TPSA) is 49.4 Å². The Hall–Kier alpha value is -0.770. The van der Waals surface area contributed by atoms with Crippen LogP contribution < -0.4 is 5.32 Å². The number of halogens is 1. The zero-order chi connectivity index (χ0) is 12.0. The number of hydrogen-bond acceptors (Lipinski definition) is 2. The van der Waals surface area contributed by atoms with Crippen molar-refractivity contribution in [3.8, 4) is 0 Å². The molecule has 0 rings (SSSR count). The van der Waals surface area contributed by atoms with Crippen molar-refractivity contribution in [2.45, 2.75) is 26.8 Å². The lowest BCUT2D eigenvalue weighted by Gasteiger charge is -2.20. The van der Waals surface area contributed by atoms with E-state index in [2.05, 4.69) is 5.32 Å². The van der Waals surface area contributed by atoms with Gasteiger partial charge in [-0.15, -0.1) is 11.6 Å². The van der Waals surface area contributed by atoms with Crippen molar-refractivity contribution in [3.05, 3.63) is 0 Å². The fourth-order valence-electron chi connectivity index (χ4n) is 1.10. The van der Waals surface area contributed by atoms with E-state index in [9.17, 15) is 9.59 Å². The van der Waals surface area contributed by atoms with E-state index in [0.717, 1.165) is 0 Å². The maximum absolute atomic E-state index is 11.6. The van der Waals surface area contributed by atoms with Gasteiger partial charge in [0.05, 0.1) is 6.54 Å². The van der Waals surface area contributed by atoms with Gasteiger partial charge in [0.25, 0.3) is 0 Å². The summed E-state index contributed by atoms with van der Waals surface area (Å²) >= 11 is 5.56. The molecule has 1 unspecified atom stereocenters. The zero-order valence-corrected chi connectivity index (χ0v) is 10.5. The van der Waals surface area contributed by atoms with E-state index in [1.165, 1.54) is 4.90 Å². The third kappa shape index (κ3) is 5.62. The van der Waals surface area contributed by atoms with Crippen molar-refractivity contribution < 1.29 is 9.59 Å². The lowest BCUT2D eigenvalue weighted by atomic mass is 10.2. The van der Waals surface area contributed by atoms with Crippen LogP contribution in [0, 0.1) is 5.92 Å². The first-order valence-electron chi connectivity index (χ1n) is 4.98. The Labute approximate surface area is 96.0 Å². The van der Waals surface area contributed by atoms with Crippen LogP contribution in [0.5, 0.6) is 0 Å². The van der Waals surface area contributed by atoms with Gasteiger partial charge in [-0.1, -0.05) is 6.92 Å². The second kappa shape index (κ2) is 6.67. The number of alkyl halides is 1. The molecule has 0 fully saturated rings. The smallest absolute Gasteiger partial charge is 0.239 e. The van der Waals surface area contributed by atoms with E-state index in [1.54, 1.807) is 14.0 Å². The third-order valence-corrected chi connectivity index (χ3v) is 2.32. The second-order valence-corrected chi connectivity index (χ2v) is 4.28. The van der Waals surface area contributed by atoms with Gasteiger partial charge in [-0.2, -0.15) is 0 Å². The second-order valence-electron chi connectivity index (χ2n) is 3.97. The number of nitrogens with zero attached hydrogens (tertiary/aromatic N) is 1. The van der Waals surface area contributed by atoms with Crippen LogP contribution in [0.4, 0.5) is 0 Å². The third-order valence-electron chi connectivity index (χ3n) is 1.86. The standard InChI is InChI=1S/C10H19ClN2O2/c1-7(2)12-9(14)6-13(4)10(15)8(3)5-11/h7-8H,5-6H2,1-4H3,(H,12,14). The van der Waals surface area contributed by atoms with Gasteiger partial charge in [0.1, 0.15) is 0 Å². The molecule has 0 bridgehead atoms. The molecule has 1 N–H and O–H groups in total. The highest BCUT2D eigenvalue weighted by Gasteiger charge is 2.18. The van der Waals surface area contributed by atoms with Crippen LogP contribution in [0.3, 0.4) is 0 Å². The van der Waals surface area contributed by atoms with E-state index in [4.69, 9.17) is 11.6 Å². The van der Waals surface area contributed by atoms with Gasteiger partial charge in [0.15, 0.2) is 0 Å². The molecule has 0 aromatic rings. The molecular weight excluding hydrogens is 216 g/mol. The zero-order valence-electron chi connectivity index (χ0n) is 9.71. The molecule has 2 amide bonds. The fourth-order valence-corrected chi connectivity index (χ4v) is 1.24. The highest BCUT2D eigenvalue weighted by atomic mass is 35.5. The van der Waals surface area contributed by atoms with E-state index in [0.29, 0.717) is 0 Å². The summed E-state index contributed by atoms with van der Waals surface area (Å²) in [5.74, 6) is -0.232. The minimum atomic E-state index is -0.247. The van der Waals surface area contributed by atoms with Crippen molar-refractivity contribution in [1.29, 1.82) is 0 Å². The highest BCUT2D eigenvalue weighted by molar-refractivity contribution is 6.19. The molecule has 0 aliphatic heterocycles. The summed E-state index contributed by atoms with van der Waals surface area (Å²) in [5, 5.41) is 2.72. The average Bonchev–Trinajstić information content (AvgIpc) is 2.13. The van der Waals surface area contributed by atoms with Crippen molar-refractivity contribution in [2.75, 3.05) is 19.5 Å². The fraction of sp³-hybridized carbons (Fsp3) is 0.800. The summed E-state index contributed by atoms with van der Waals surface area (Å²) in [5.41, 5.74) is 0. The van der Waals surface area contributed by atoms with Crippen molar-refractivity contribution in [2.24, 2.45) is 5.92 Å². The predicted octanol–water partition coefficient (Wildman–Crippen LogP) is 0.844. The summed E-state index contributed by atoms with van der Waals surface area (Å²) < 4.78 is 0. The van der Waals surface area contributed by atoms with Gasteiger partial charge in [-0.05, 0) is 13.8 Å². The normalized spacial score (nSPS) is 12.4. The van der Waals surface area contributed by atoms with Gasteiger partial charge in [0.2, 0.25) is 11.8 Å². The molecule has 0 radical (unpaired) electrons. The maximum atomic E-state index is 11.6. The quantitative estimate of drug-likeness (QED) is 0.717. The van der Waals surface area contributed by atoms with Crippen molar-refractivity contribution in [3.63, 3.8) is 0 Å². The molecule has 0 aliphatic carbocycles. The van der Waals surface area contributed by atoms with Gasteiger partial charge in [-0.25, -0.2) is 0 Å². The van der Waals surface area contributed by atoms with Crippen LogP contribution in [0.2, 0.25) is 0 Å². The van der Waals surface area contributed by atoms with E-state index in [1.807, 2.05) is 13.8 Å². The van der Waals surface area contributed by atoms with Crippen LogP contribution in [-0.2, 0) is 9.59 Å². The molecule has 5 heteroatoms. The van der Waals surface area contributed by atoms with Crippen molar-refractivity contribution >= 4 is 23.4 Å². The Morgan fingerprint density at radius 3 is 2.27 bits per heavy atom. The predicted molar refractivity (Wildman–Crippen MR) is 60.8 cm³/mol. The Bertz CT molecular complexity index is 231. The first kappa shape index (κ1) is 14.2. The number of rotatable bonds is 5. The molecular formula is C10H19ClN2O2. The Balaban J connectivity index is 4.07. The van der Waals surface area contributed by atoms with Crippen LogP contribution in [-0.4, -0.2) is 42.2 Å². The van der Waals surface area contributed by atoms with Crippen LogP contribution in [0.15, 0.2) is 0 Å². The molecule has 88 valence electrons. The Morgan fingerprint density at radius 2 is 1.87 bits per heavy atom. The molecule has 0 saturated heterocycles. The minimum absolute atomic E-state index is 0.0816. The maximum Gasteiger partial charge on any atom is 0.239 e. The average molecular weight is 235 g/mol. The Kier molecular flexibility index (Phi) is 6.32. The summed E-state index contributed by atoms with van der Waals surface area (Å²) in [6.07, 6.45) is 0. The van der Waals surface area contributed by atoms with E-state index in [-0.39, 0.29) is 36.2 Å². The monoisotopic (exact) mass is 234 g/mol. The number of likely N-dealkylation sites (N-methyl/N-ethyl adjacent to an activating group) is 1. The summed E-state index contributed by atoms with van der Waals surface area (Å²) in [7, 11) is 1.60. The summed E-state index contributed by atoms with van der Waals surface area (Å²) in [6.45, 7) is 5.58. The molecule has 15 heavy (non-hydrogen) atoms. The molecule has 0 spiro atoms. The molecule has 0 aromatic carbocycles. The summed E-state index contributed by atoms with van der Waals surface area (Å²) in [4.78, 5) is 24.3. The van der Waals surface area contributed by atoms with Gasteiger partial charge in [0, 0.05) is 24.9 Å². The largest absolute Gasteiger partial charge is 0.352 e. The number of hydrogen-bond donors (Lipinski definition) is 1. The summed E-state index contributed by atoms with van der Waals surface area (Å²) in [6, 6.07) is 0.0893. The first-order chi connectivity index (χ1) is 6.88. The SMILES string of the molecule is CC(C)NC(=O)CN(C)C(=O)C(C)CCl. The first-order valence-corrected chi connectivity index (χ1v) is 5.52. The van der Waals surface area contributed by atoms with Gasteiger partial charge < -0.3 is 10.2 Å². The lowest BCUT2D eigenvalue weighted by Crippen LogP contribution is -2.42. The molecule has 0 aliphatic rings. The van der Waals surface area contributed by atoms with Gasteiger partial charge in [-0.3, -0.25) is 9.59 Å². The lowest BCUT2D eigenvalue weighted by molar-refractivity contribution is -0.137. The number of carbonyl (C=O) groups is 2. The van der Waals surface area contributed by atoms with Crippen LogP contribution in [0.25, 0.3) is 0 Å². The van der Waals surface area contributed by atoms with Gasteiger partial charge >= 0.3 is 0 Å².